The third-order valence-corrected chi connectivity index (χ3v) is 5.31. The van der Waals surface area contributed by atoms with Crippen LogP contribution in [0.1, 0.15) is 37.9 Å². The standard InChI is InChI=1S/C22H24FN5O2/c1-30-13-12-28-20(15-6-5-7-16(23)14-15)27-18-19(24)25-17(26-21(18)28)8-11-22(29)9-3-2-4-10-22/h5-7,14,29H,2-4,9-10,12-13H2,1H3,(H2,24,25,26). The molecule has 0 radical (unpaired) electrons. The summed E-state index contributed by atoms with van der Waals surface area (Å²) in [6.45, 7) is 0.866. The number of nitrogen functional groups attached to an aromatic ring is 1. The first-order valence-corrected chi connectivity index (χ1v) is 10.0. The molecule has 0 atom stereocenters. The van der Waals surface area contributed by atoms with Crippen LogP contribution in [0.5, 0.6) is 0 Å². The van der Waals surface area contributed by atoms with Gasteiger partial charge in [-0.3, -0.25) is 0 Å². The maximum Gasteiger partial charge on any atom is 0.209 e. The van der Waals surface area contributed by atoms with Crippen LogP contribution in [0.4, 0.5) is 10.2 Å². The number of nitrogens with zero attached hydrogens (tertiary/aromatic N) is 4. The molecule has 8 heteroatoms. The highest BCUT2D eigenvalue weighted by atomic mass is 19.1. The van der Waals surface area contributed by atoms with Crippen LogP contribution in [-0.2, 0) is 11.3 Å². The Morgan fingerprint density at radius 2 is 2.03 bits per heavy atom. The molecule has 1 saturated carbocycles. The van der Waals surface area contributed by atoms with E-state index in [1.54, 1.807) is 19.2 Å². The van der Waals surface area contributed by atoms with E-state index in [2.05, 4.69) is 26.8 Å². The van der Waals surface area contributed by atoms with E-state index < -0.39 is 5.60 Å². The minimum Gasteiger partial charge on any atom is -0.383 e. The van der Waals surface area contributed by atoms with Crippen molar-refractivity contribution in [3.05, 3.63) is 35.9 Å². The highest BCUT2D eigenvalue weighted by molar-refractivity contribution is 5.85. The van der Waals surface area contributed by atoms with E-state index in [-0.39, 0.29) is 17.5 Å². The summed E-state index contributed by atoms with van der Waals surface area (Å²) in [4.78, 5) is 13.4. The lowest BCUT2D eigenvalue weighted by Gasteiger charge is -2.26. The van der Waals surface area contributed by atoms with E-state index in [0.717, 1.165) is 19.3 Å². The highest BCUT2D eigenvalue weighted by Crippen LogP contribution is 2.28. The first-order valence-electron chi connectivity index (χ1n) is 10.0. The van der Waals surface area contributed by atoms with Crippen molar-refractivity contribution < 1.29 is 14.2 Å². The Bertz CT molecular complexity index is 1130. The highest BCUT2D eigenvalue weighted by Gasteiger charge is 2.26. The van der Waals surface area contributed by atoms with Crippen LogP contribution in [0.15, 0.2) is 24.3 Å². The number of fused-ring (bicyclic) bond motifs is 1. The average molecular weight is 409 g/mol. The van der Waals surface area contributed by atoms with Crippen LogP contribution in [0, 0.1) is 17.7 Å². The van der Waals surface area contributed by atoms with E-state index in [0.29, 0.717) is 48.5 Å². The second kappa shape index (κ2) is 8.38. The molecule has 4 rings (SSSR count). The van der Waals surface area contributed by atoms with Crippen molar-refractivity contribution in [3.8, 4) is 23.2 Å². The zero-order valence-corrected chi connectivity index (χ0v) is 16.9. The number of methoxy groups -OCH3 is 1. The predicted octanol–water partition coefficient (Wildman–Crippen LogP) is 2.91. The maximum atomic E-state index is 13.8. The average Bonchev–Trinajstić information content (AvgIpc) is 3.10. The van der Waals surface area contributed by atoms with Crippen molar-refractivity contribution in [2.75, 3.05) is 19.5 Å². The lowest BCUT2D eigenvalue weighted by atomic mass is 9.85. The molecule has 1 aliphatic carbocycles. The number of benzene rings is 1. The zero-order valence-electron chi connectivity index (χ0n) is 16.9. The van der Waals surface area contributed by atoms with E-state index in [1.807, 2.05) is 4.57 Å². The molecular weight excluding hydrogens is 385 g/mol. The Hall–Kier alpha value is -3.02. The van der Waals surface area contributed by atoms with Crippen LogP contribution >= 0.6 is 0 Å². The van der Waals surface area contributed by atoms with Gasteiger partial charge >= 0.3 is 0 Å². The number of imidazole rings is 1. The molecule has 1 fully saturated rings. The van der Waals surface area contributed by atoms with Gasteiger partial charge in [-0.15, -0.1) is 0 Å². The second-order valence-corrected chi connectivity index (χ2v) is 7.54. The Balaban J connectivity index is 1.81. The van der Waals surface area contributed by atoms with Crippen LogP contribution < -0.4 is 5.73 Å². The molecule has 7 nitrogen and oxygen atoms in total. The summed E-state index contributed by atoms with van der Waals surface area (Å²) in [6.07, 6.45) is 4.31. The molecule has 0 bridgehead atoms. The van der Waals surface area contributed by atoms with Crippen molar-refractivity contribution in [2.45, 2.75) is 44.2 Å². The topological polar surface area (TPSA) is 99.1 Å². The Morgan fingerprint density at radius 1 is 1.23 bits per heavy atom. The fourth-order valence-corrected chi connectivity index (χ4v) is 3.75. The normalized spacial score (nSPS) is 15.7. The molecule has 0 spiro atoms. The number of halogens is 1. The first kappa shape index (κ1) is 20.3. The zero-order chi connectivity index (χ0) is 21.1. The van der Waals surface area contributed by atoms with Gasteiger partial charge in [0.15, 0.2) is 17.0 Å². The molecule has 2 aromatic heterocycles. The van der Waals surface area contributed by atoms with Crippen molar-refractivity contribution in [1.82, 2.24) is 19.5 Å². The predicted molar refractivity (Wildman–Crippen MR) is 112 cm³/mol. The number of ether oxygens (including phenoxy) is 1. The van der Waals surface area contributed by atoms with E-state index in [9.17, 15) is 9.50 Å². The number of rotatable bonds is 4. The number of nitrogens with two attached hydrogens (primary N) is 1. The van der Waals surface area contributed by atoms with Gasteiger partial charge in [0.05, 0.1) is 6.61 Å². The monoisotopic (exact) mass is 409 g/mol. The fourth-order valence-electron chi connectivity index (χ4n) is 3.75. The van der Waals surface area contributed by atoms with E-state index in [1.165, 1.54) is 12.1 Å². The van der Waals surface area contributed by atoms with Gasteiger partial charge in [-0.1, -0.05) is 24.5 Å². The van der Waals surface area contributed by atoms with Gasteiger partial charge in [0.25, 0.3) is 0 Å². The lowest BCUT2D eigenvalue weighted by molar-refractivity contribution is 0.0610. The van der Waals surface area contributed by atoms with Crippen LogP contribution in [-0.4, -0.2) is 43.9 Å². The smallest absolute Gasteiger partial charge is 0.209 e. The number of hydrogen-bond acceptors (Lipinski definition) is 6. The summed E-state index contributed by atoms with van der Waals surface area (Å²) in [5, 5.41) is 10.6. The molecule has 156 valence electrons. The third-order valence-electron chi connectivity index (χ3n) is 5.31. The Labute approximate surface area is 174 Å². The summed E-state index contributed by atoms with van der Waals surface area (Å²) in [6, 6.07) is 6.19. The Morgan fingerprint density at radius 3 is 2.77 bits per heavy atom. The maximum absolute atomic E-state index is 13.8. The number of hydrogen-bond donors (Lipinski definition) is 2. The van der Waals surface area contributed by atoms with Crippen molar-refractivity contribution in [1.29, 1.82) is 0 Å². The molecule has 0 amide bonds. The van der Waals surface area contributed by atoms with Gasteiger partial charge in [0, 0.05) is 19.2 Å². The minimum absolute atomic E-state index is 0.189. The van der Waals surface area contributed by atoms with Gasteiger partial charge in [0.2, 0.25) is 5.82 Å². The second-order valence-electron chi connectivity index (χ2n) is 7.54. The van der Waals surface area contributed by atoms with Crippen LogP contribution in [0.2, 0.25) is 0 Å². The molecular formula is C22H24FN5O2. The van der Waals surface area contributed by atoms with Gasteiger partial charge in [-0.05, 0) is 43.7 Å². The number of aromatic nitrogens is 4. The van der Waals surface area contributed by atoms with E-state index >= 15 is 0 Å². The van der Waals surface area contributed by atoms with Gasteiger partial charge in [0.1, 0.15) is 17.2 Å². The van der Waals surface area contributed by atoms with Crippen molar-refractivity contribution >= 4 is 17.0 Å². The SMILES string of the molecule is COCCn1c(-c2cccc(F)c2)nc2c(N)nc(C#CC3(O)CCCCC3)nc21. The van der Waals surface area contributed by atoms with Gasteiger partial charge in [-0.25, -0.2) is 19.3 Å². The molecule has 0 aliphatic heterocycles. The molecule has 1 aromatic carbocycles. The van der Waals surface area contributed by atoms with Crippen molar-refractivity contribution in [2.24, 2.45) is 0 Å². The quantitative estimate of drug-likeness (QED) is 0.643. The van der Waals surface area contributed by atoms with E-state index in [4.69, 9.17) is 10.5 Å². The summed E-state index contributed by atoms with van der Waals surface area (Å²) < 4.78 is 20.8. The van der Waals surface area contributed by atoms with Gasteiger partial charge < -0.3 is 20.1 Å². The number of aliphatic hydroxyl groups is 1. The molecule has 2 heterocycles. The Kier molecular flexibility index (Phi) is 5.66. The first-order chi connectivity index (χ1) is 14.5. The van der Waals surface area contributed by atoms with Crippen LogP contribution in [0.25, 0.3) is 22.6 Å². The largest absolute Gasteiger partial charge is 0.383 e. The third kappa shape index (κ3) is 4.13. The molecule has 3 N–H and O–H groups in total. The summed E-state index contributed by atoms with van der Waals surface area (Å²) in [7, 11) is 1.60. The molecule has 3 aromatic rings. The fraction of sp³-hybridized carbons (Fsp3) is 0.409. The number of anilines is 1. The summed E-state index contributed by atoms with van der Waals surface area (Å²) in [5.41, 5.74) is 6.68. The van der Waals surface area contributed by atoms with Crippen LogP contribution in [0.3, 0.4) is 0 Å². The lowest BCUT2D eigenvalue weighted by Crippen LogP contribution is -2.29. The molecule has 0 saturated heterocycles. The summed E-state index contributed by atoms with van der Waals surface area (Å²) >= 11 is 0. The molecule has 0 unspecified atom stereocenters. The summed E-state index contributed by atoms with van der Waals surface area (Å²) in [5.74, 6) is 6.41. The van der Waals surface area contributed by atoms with Gasteiger partial charge in [-0.2, -0.15) is 0 Å². The minimum atomic E-state index is -1.01. The molecule has 30 heavy (non-hydrogen) atoms. The van der Waals surface area contributed by atoms with Crippen molar-refractivity contribution in [3.63, 3.8) is 0 Å². The molecule has 1 aliphatic rings.